The molecule has 0 saturated heterocycles. The maximum absolute atomic E-state index is 11.0. The Morgan fingerprint density at radius 1 is 1.54 bits per heavy atom. The van der Waals surface area contributed by atoms with Crippen LogP contribution in [0.15, 0.2) is 17.3 Å². The topological polar surface area (TPSA) is 103 Å². The first-order valence-electron chi connectivity index (χ1n) is 3.24. The molecule has 0 radical (unpaired) electrons. The van der Waals surface area contributed by atoms with E-state index in [0.717, 1.165) is 6.26 Å². The third-order valence-electron chi connectivity index (χ3n) is 1.23. The highest BCUT2D eigenvalue weighted by Crippen LogP contribution is 2.02. The molecule has 0 aliphatic carbocycles. The lowest BCUT2D eigenvalue weighted by atomic mass is 10.5. The van der Waals surface area contributed by atoms with Crippen LogP contribution in [0.2, 0.25) is 0 Å². The molecule has 70 valence electrons. The van der Waals surface area contributed by atoms with Crippen LogP contribution in [-0.4, -0.2) is 30.5 Å². The zero-order valence-electron chi connectivity index (χ0n) is 6.76. The summed E-state index contributed by atoms with van der Waals surface area (Å²) in [4.78, 5) is 17.6. The lowest BCUT2D eigenvalue weighted by Gasteiger charge is -1.97. The van der Waals surface area contributed by atoms with Gasteiger partial charge in [0.15, 0.2) is 14.9 Å². The SMILES string of the molecule is CS(=O)(=O)c1ccnc(C(N)=O)n1. The molecule has 0 saturated carbocycles. The van der Waals surface area contributed by atoms with Crippen molar-refractivity contribution in [1.29, 1.82) is 0 Å². The minimum atomic E-state index is -3.42. The van der Waals surface area contributed by atoms with Crippen LogP contribution in [0.5, 0.6) is 0 Å². The summed E-state index contributed by atoms with van der Waals surface area (Å²) in [5.41, 5.74) is 4.87. The Labute approximate surface area is 74.7 Å². The molecule has 1 aromatic heterocycles. The predicted molar refractivity (Wildman–Crippen MR) is 43.7 cm³/mol. The minimum Gasteiger partial charge on any atom is -0.363 e. The van der Waals surface area contributed by atoms with Gasteiger partial charge in [-0.25, -0.2) is 18.4 Å². The Morgan fingerprint density at radius 2 is 2.15 bits per heavy atom. The van der Waals surface area contributed by atoms with Crippen LogP contribution >= 0.6 is 0 Å². The van der Waals surface area contributed by atoms with Crippen LogP contribution < -0.4 is 5.73 Å². The van der Waals surface area contributed by atoms with E-state index >= 15 is 0 Å². The molecule has 1 rings (SSSR count). The van der Waals surface area contributed by atoms with E-state index in [4.69, 9.17) is 5.73 Å². The van der Waals surface area contributed by atoms with Crippen LogP contribution in [0.1, 0.15) is 10.6 Å². The van der Waals surface area contributed by atoms with Crippen molar-refractivity contribution in [2.75, 3.05) is 6.26 Å². The second-order valence-electron chi connectivity index (χ2n) is 2.35. The van der Waals surface area contributed by atoms with Crippen molar-refractivity contribution < 1.29 is 13.2 Å². The third kappa shape index (κ3) is 2.22. The number of sulfone groups is 1. The van der Waals surface area contributed by atoms with Gasteiger partial charge in [0.2, 0.25) is 5.82 Å². The van der Waals surface area contributed by atoms with Crippen molar-refractivity contribution in [3.63, 3.8) is 0 Å². The number of nitrogens with zero attached hydrogens (tertiary/aromatic N) is 2. The molecule has 0 aliphatic rings. The Balaban J connectivity index is 3.29. The second kappa shape index (κ2) is 3.09. The van der Waals surface area contributed by atoms with Gasteiger partial charge in [-0.3, -0.25) is 4.79 Å². The predicted octanol–water partition coefficient (Wildman–Crippen LogP) is -1.02. The number of carbonyl (C=O) groups is 1. The second-order valence-corrected chi connectivity index (χ2v) is 4.32. The number of primary amides is 1. The number of hydrogen-bond acceptors (Lipinski definition) is 5. The average Bonchev–Trinajstić information content (AvgIpc) is 2.03. The number of rotatable bonds is 2. The third-order valence-corrected chi connectivity index (χ3v) is 2.22. The fraction of sp³-hybridized carbons (Fsp3) is 0.167. The van der Waals surface area contributed by atoms with Gasteiger partial charge in [-0.05, 0) is 6.07 Å². The summed E-state index contributed by atoms with van der Waals surface area (Å²) in [7, 11) is -3.42. The number of carbonyl (C=O) groups excluding carboxylic acids is 1. The summed E-state index contributed by atoms with van der Waals surface area (Å²) in [6.45, 7) is 0. The van der Waals surface area contributed by atoms with E-state index in [-0.39, 0.29) is 10.9 Å². The normalized spacial score (nSPS) is 11.2. The van der Waals surface area contributed by atoms with E-state index < -0.39 is 15.7 Å². The number of nitrogens with two attached hydrogens (primary N) is 1. The van der Waals surface area contributed by atoms with Crippen LogP contribution in [0, 0.1) is 0 Å². The molecule has 0 fully saturated rings. The summed E-state index contributed by atoms with van der Waals surface area (Å²) >= 11 is 0. The van der Waals surface area contributed by atoms with E-state index in [1.54, 1.807) is 0 Å². The Hall–Kier alpha value is -1.50. The first-order chi connectivity index (χ1) is 5.91. The molecule has 0 aromatic carbocycles. The van der Waals surface area contributed by atoms with Gasteiger partial charge < -0.3 is 5.73 Å². The van der Waals surface area contributed by atoms with E-state index in [1.165, 1.54) is 12.3 Å². The van der Waals surface area contributed by atoms with Crippen molar-refractivity contribution in [1.82, 2.24) is 9.97 Å². The zero-order valence-corrected chi connectivity index (χ0v) is 7.58. The quantitative estimate of drug-likeness (QED) is 0.617. The summed E-state index contributed by atoms with van der Waals surface area (Å²) in [5, 5.41) is -0.212. The molecule has 0 spiro atoms. The first kappa shape index (κ1) is 9.59. The monoisotopic (exact) mass is 201 g/mol. The molecule has 1 heterocycles. The Bertz CT molecular complexity index is 440. The molecule has 0 unspecified atom stereocenters. The lowest BCUT2D eigenvalue weighted by molar-refractivity contribution is 0.0989. The molecule has 0 bridgehead atoms. The number of aromatic nitrogens is 2. The molecule has 0 aliphatic heterocycles. The smallest absolute Gasteiger partial charge is 0.286 e. The van der Waals surface area contributed by atoms with Crippen molar-refractivity contribution in [3.8, 4) is 0 Å². The molecule has 13 heavy (non-hydrogen) atoms. The van der Waals surface area contributed by atoms with Gasteiger partial charge in [0.05, 0.1) is 0 Å². The van der Waals surface area contributed by atoms with Gasteiger partial charge in [0, 0.05) is 12.5 Å². The van der Waals surface area contributed by atoms with E-state index in [0.29, 0.717) is 0 Å². The van der Waals surface area contributed by atoms with Crippen LogP contribution in [0.3, 0.4) is 0 Å². The van der Waals surface area contributed by atoms with Gasteiger partial charge in [-0.15, -0.1) is 0 Å². The highest BCUT2D eigenvalue weighted by molar-refractivity contribution is 7.90. The first-order valence-corrected chi connectivity index (χ1v) is 5.13. The lowest BCUT2D eigenvalue weighted by Crippen LogP contribution is -2.16. The van der Waals surface area contributed by atoms with Crippen LogP contribution in [0.4, 0.5) is 0 Å². The van der Waals surface area contributed by atoms with Gasteiger partial charge >= 0.3 is 0 Å². The summed E-state index contributed by atoms with van der Waals surface area (Å²) in [6.07, 6.45) is 2.16. The standard InChI is InChI=1S/C6H7N3O3S/c1-13(11,12)4-2-3-8-6(9-4)5(7)10/h2-3H,1H3,(H2,7,10). The fourth-order valence-corrected chi connectivity index (χ4v) is 1.23. The molecule has 6 nitrogen and oxygen atoms in total. The molecule has 2 N–H and O–H groups in total. The molecule has 7 heteroatoms. The van der Waals surface area contributed by atoms with Crippen molar-refractivity contribution in [3.05, 3.63) is 18.1 Å². The molecular weight excluding hydrogens is 194 g/mol. The Morgan fingerprint density at radius 3 is 2.62 bits per heavy atom. The van der Waals surface area contributed by atoms with E-state index in [9.17, 15) is 13.2 Å². The van der Waals surface area contributed by atoms with E-state index in [2.05, 4.69) is 9.97 Å². The minimum absolute atomic E-state index is 0.212. The fourth-order valence-electron chi connectivity index (χ4n) is 0.667. The summed E-state index contributed by atoms with van der Waals surface area (Å²) in [6, 6.07) is 1.20. The molecule has 0 atom stereocenters. The number of hydrogen-bond donors (Lipinski definition) is 1. The van der Waals surface area contributed by atoms with Gasteiger partial charge in [0.1, 0.15) is 0 Å². The maximum Gasteiger partial charge on any atom is 0.286 e. The van der Waals surface area contributed by atoms with E-state index in [1.807, 2.05) is 0 Å². The summed E-state index contributed by atoms with van der Waals surface area (Å²) in [5.74, 6) is -1.16. The molecular formula is C6H7N3O3S. The van der Waals surface area contributed by atoms with Crippen molar-refractivity contribution in [2.45, 2.75) is 5.03 Å². The number of amides is 1. The average molecular weight is 201 g/mol. The van der Waals surface area contributed by atoms with Gasteiger partial charge in [0.25, 0.3) is 5.91 Å². The highest BCUT2D eigenvalue weighted by Gasteiger charge is 2.12. The van der Waals surface area contributed by atoms with Crippen molar-refractivity contribution in [2.24, 2.45) is 5.73 Å². The van der Waals surface area contributed by atoms with Crippen molar-refractivity contribution >= 4 is 15.7 Å². The van der Waals surface area contributed by atoms with Crippen LogP contribution in [0.25, 0.3) is 0 Å². The van der Waals surface area contributed by atoms with Gasteiger partial charge in [-0.2, -0.15) is 0 Å². The zero-order chi connectivity index (χ0) is 10.1. The molecule has 1 aromatic rings. The highest BCUT2D eigenvalue weighted by atomic mass is 32.2. The Kier molecular flexibility index (Phi) is 2.28. The summed E-state index contributed by atoms with van der Waals surface area (Å²) < 4.78 is 21.9. The van der Waals surface area contributed by atoms with Crippen LogP contribution in [-0.2, 0) is 9.84 Å². The molecule has 1 amide bonds. The van der Waals surface area contributed by atoms with Gasteiger partial charge in [-0.1, -0.05) is 0 Å². The maximum atomic E-state index is 11.0. The largest absolute Gasteiger partial charge is 0.363 e.